The molecule has 1 spiro atoms. The van der Waals surface area contributed by atoms with Crippen molar-refractivity contribution < 1.29 is 33.8 Å². The third-order valence-corrected chi connectivity index (χ3v) is 11.0. The molecule has 3 aliphatic rings. The van der Waals surface area contributed by atoms with Crippen LogP contribution in [0.3, 0.4) is 0 Å². The fourth-order valence-corrected chi connectivity index (χ4v) is 8.91. The summed E-state index contributed by atoms with van der Waals surface area (Å²) in [5.74, 6) is -3.39. The molecule has 0 aliphatic carbocycles. The molecule has 4 N–H and O–H groups in total. The van der Waals surface area contributed by atoms with Crippen LogP contribution in [0.4, 0.5) is 10.5 Å². The van der Waals surface area contributed by atoms with Crippen LogP contribution in [-0.4, -0.2) is 53.1 Å². The Morgan fingerprint density at radius 3 is 2.11 bits per heavy atom. The van der Waals surface area contributed by atoms with Crippen LogP contribution >= 0.6 is 0 Å². The fourth-order valence-electron chi connectivity index (χ4n) is 8.91. The van der Waals surface area contributed by atoms with Gasteiger partial charge in [-0.1, -0.05) is 121 Å². The molecule has 0 saturated carbocycles. The number of primary amides is 1. The lowest BCUT2D eigenvalue weighted by Gasteiger charge is -2.46. The van der Waals surface area contributed by atoms with Crippen molar-refractivity contribution in [1.29, 1.82) is 0 Å². The number of imide groups is 1. The molecule has 5 aromatic carbocycles. The Labute approximate surface area is 318 Å². The molecule has 0 radical (unpaired) electrons. The van der Waals surface area contributed by atoms with Crippen molar-refractivity contribution in [3.05, 3.63) is 167 Å². The monoisotopic (exact) mass is 736 g/mol. The Morgan fingerprint density at radius 1 is 0.818 bits per heavy atom. The lowest BCUT2D eigenvalue weighted by Crippen LogP contribution is -2.55. The highest BCUT2D eigenvalue weighted by molar-refractivity contribution is 6.24. The molecule has 7 atom stereocenters. The van der Waals surface area contributed by atoms with Crippen molar-refractivity contribution in [3.63, 3.8) is 0 Å². The fraction of sp³-hybridized carbons (Fsp3) is 0.227. The standard InChI is InChI=1S/C44H40N4O7/c1-27(28-14-5-2-6-15-28)46-43(53)47-34-23-12-11-22-33(34)44(42(47)52)35(40(45)50)37-41(51)55-38(30-18-9-4-10-19-30)36(29-16-7-3-8-17-29)48(37)39(44)31-20-13-21-32(26-31)54-25-24-49/h2-23,26-27,35-39,49H,24-25H2,1H3,(H2,45,50)(H,46,53)/t27-,35-,36-,37-,38+,39+,44-/m1/s1. The van der Waals surface area contributed by atoms with Crippen LogP contribution in [0.15, 0.2) is 140 Å². The molecule has 0 bridgehead atoms. The first-order valence-corrected chi connectivity index (χ1v) is 18.3. The first-order chi connectivity index (χ1) is 26.8. The van der Waals surface area contributed by atoms with E-state index in [0.717, 1.165) is 16.0 Å². The van der Waals surface area contributed by atoms with Crippen molar-refractivity contribution in [2.75, 3.05) is 18.1 Å². The summed E-state index contributed by atoms with van der Waals surface area (Å²) < 4.78 is 12.2. The SMILES string of the molecule is C[C@@H](NC(=O)N1C(=O)[C@@]2(c3ccccc31)[C@H](c1cccc(OCCO)c1)N1[C@H](c3ccccc3)[C@H](c3ccccc3)OC(=O)[C@H]1[C@@H]2C(N)=O)c1ccccc1. The van der Waals surface area contributed by atoms with Crippen LogP contribution in [-0.2, 0) is 24.5 Å². The minimum absolute atomic E-state index is 0.0138. The number of ether oxygens (including phenoxy) is 2. The van der Waals surface area contributed by atoms with Gasteiger partial charge >= 0.3 is 12.0 Å². The van der Waals surface area contributed by atoms with E-state index in [1.165, 1.54) is 0 Å². The molecule has 11 nitrogen and oxygen atoms in total. The number of hydrogen-bond acceptors (Lipinski definition) is 8. The van der Waals surface area contributed by atoms with E-state index in [1.54, 1.807) is 42.5 Å². The molecular weight excluding hydrogens is 697 g/mol. The first-order valence-electron chi connectivity index (χ1n) is 18.3. The second kappa shape index (κ2) is 14.5. The summed E-state index contributed by atoms with van der Waals surface area (Å²) in [5, 5.41) is 12.6. The van der Waals surface area contributed by atoms with Crippen LogP contribution in [0.1, 0.15) is 59.0 Å². The van der Waals surface area contributed by atoms with Gasteiger partial charge in [0.1, 0.15) is 29.9 Å². The normalized spacial score (nSPS) is 24.8. The number of carbonyl (C=O) groups excluding carboxylic acids is 4. The Balaban J connectivity index is 1.38. The number of morpholine rings is 1. The topological polar surface area (TPSA) is 152 Å². The van der Waals surface area contributed by atoms with E-state index in [4.69, 9.17) is 15.2 Å². The number of benzene rings is 5. The first kappa shape index (κ1) is 35.7. The van der Waals surface area contributed by atoms with Gasteiger partial charge in [0.25, 0.3) is 0 Å². The number of esters is 1. The minimum atomic E-state index is -1.90. The Morgan fingerprint density at radius 2 is 1.44 bits per heavy atom. The zero-order chi connectivity index (χ0) is 38.3. The molecule has 55 heavy (non-hydrogen) atoms. The van der Waals surface area contributed by atoms with Gasteiger partial charge in [-0.2, -0.15) is 0 Å². The number of cyclic esters (lactones) is 1. The summed E-state index contributed by atoms with van der Waals surface area (Å²) in [7, 11) is 0. The van der Waals surface area contributed by atoms with Gasteiger partial charge in [-0.3, -0.25) is 19.3 Å². The zero-order valence-electron chi connectivity index (χ0n) is 30.0. The maximum Gasteiger partial charge on any atom is 0.329 e. The summed E-state index contributed by atoms with van der Waals surface area (Å²) in [6, 6.07) is 37.8. The second-order valence-corrected chi connectivity index (χ2v) is 14.1. The highest BCUT2D eigenvalue weighted by Crippen LogP contribution is 2.65. The average molecular weight is 737 g/mol. The van der Waals surface area contributed by atoms with Crippen LogP contribution in [0, 0.1) is 5.92 Å². The molecule has 2 saturated heterocycles. The number of urea groups is 1. The van der Waals surface area contributed by atoms with Gasteiger partial charge in [0.2, 0.25) is 11.8 Å². The number of fused-ring (bicyclic) bond motifs is 3. The van der Waals surface area contributed by atoms with Gasteiger partial charge < -0.3 is 25.6 Å². The number of aliphatic hydroxyl groups is 1. The molecule has 0 aromatic heterocycles. The molecule has 5 aromatic rings. The number of nitrogens with two attached hydrogens (primary N) is 1. The molecule has 11 heteroatoms. The lowest BCUT2D eigenvalue weighted by molar-refractivity contribution is -0.178. The van der Waals surface area contributed by atoms with Crippen molar-refractivity contribution in [3.8, 4) is 5.75 Å². The van der Waals surface area contributed by atoms with E-state index in [0.29, 0.717) is 22.4 Å². The lowest BCUT2D eigenvalue weighted by atomic mass is 9.65. The van der Waals surface area contributed by atoms with Crippen LogP contribution in [0.2, 0.25) is 0 Å². The van der Waals surface area contributed by atoms with Gasteiger partial charge in [-0.05, 0) is 52.9 Å². The summed E-state index contributed by atoms with van der Waals surface area (Å²) in [4.78, 5) is 62.1. The number of aliphatic hydroxyl groups excluding tert-OH is 1. The third-order valence-electron chi connectivity index (χ3n) is 11.0. The maximum absolute atomic E-state index is 15.8. The van der Waals surface area contributed by atoms with Crippen molar-refractivity contribution in [2.24, 2.45) is 11.7 Å². The van der Waals surface area contributed by atoms with Gasteiger partial charge in [0.05, 0.1) is 36.3 Å². The second-order valence-electron chi connectivity index (χ2n) is 14.1. The van der Waals surface area contributed by atoms with Crippen molar-refractivity contribution >= 4 is 29.5 Å². The Kier molecular flexibility index (Phi) is 9.42. The van der Waals surface area contributed by atoms with Gasteiger partial charge in [0, 0.05) is 0 Å². The summed E-state index contributed by atoms with van der Waals surface area (Å²) in [6.45, 7) is 1.61. The van der Waals surface area contributed by atoms with E-state index in [9.17, 15) is 19.5 Å². The average Bonchev–Trinajstić information content (AvgIpc) is 3.68. The van der Waals surface area contributed by atoms with Crippen LogP contribution < -0.4 is 20.7 Å². The van der Waals surface area contributed by atoms with E-state index in [2.05, 4.69) is 5.32 Å². The van der Waals surface area contributed by atoms with Gasteiger partial charge in [0.15, 0.2) is 0 Å². The number of carbonyl (C=O) groups is 4. The largest absolute Gasteiger partial charge is 0.491 e. The Bertz CT molecular complexity index is 2240. The highest BCUT2D eigenvalue weighted by Gasteiger charge is 2.75. The highest BCUT2D eigenvalue weighted by atomic mass is 16.6. The van der Waals surface area contributed by atoms with Crippen molar-refractivity contribution in [2.45, 2.75) is 42.6 Å². The predicted molar refractivity (Wildman–Crippen MR) is 204 cm³/mol. The molecule has 3 heterocycles. The maximum atomic E-state index is 15.8. The quantitative estimate of drug-likeness (QED) is 0.164. The van der Waals surface area contributed by atoms with E-state index >= 15 is 4.79 Å². The van der Waals surface area contributed by atoms with Crippen LogP contribution in [0.25, 0.3) is 0 Å². The summed E-state index contributed by atoms with van der Waals surface area (Å²) in [6.07, 6.45) is -0.856. The number of amides is 4. The molecule has 2 fully saturated rings. The number of anilines is 1. The predicted octanol–water partition coefficient (Wildman–Crippen LogP) is 5.68. The van der Waals surface area contributed by atoms with E-state index < -0.39 is 65.4 Å². The molecule has 8 rings (SSSR count). The van der Waals surface area contributed by atoms with Gasteiger partial charge in [-0.25, -0.2) is 9.69 Å². The van der Waals surface area contributed by atoms with Crippen molar-refractivity contribution in [1.82, 2.24) is 10.2 Å². The third kappa shape index (κ3) is 5.83. The zero-order valence-corrected chi connectivity index (χ0v) is 30.0. The van der Waals surface area contributed by atoms with Crippen LogP contribution in [0.5, 0.6) is 5.75 Å². The molecule has 278 valence electrons. The number of rotatable bonds is 9. The Hall–Kier alpha value is -6.30. The summed E-state index contributed by atoms with van der Waals surface area (Å²) >= 11 is 0. The molecule has 0 unspecified atom stereocenters. The smallest absolute Gasteiger partial charge is 0.329 e. The number of nitrogens with zero attached hydrogens (tertiary/aromatic N) is 2. The van der Waals surface area contributed by atoms with E-state index in [-0.39, 0.29) is 18.9 Å². The number of nitrogens with one attached hydrogen (secondary N) is 1. The molecule has 3 aliphatic heterocycles. The van der Waals surface area contributed by atoms with E-state index in [1.807, 2.05) is 109 Å². The van der Waals surface area contributed by atoms with Gasteiger partial charge in [-0.15, -0.1) is 0 Å². The summed E-state index contributed by atoms with van der Waals surface area (Å²) in [5.41, 5.74) is 8.00. The molecular formula is C44H40N4O7. The molecule has 4 amide bonds. The minimum Gasteiger partial charge on any atom is -0.491 e. The number of para-hydroxylation sites is 1. The number of hydrogen-bond donors (Lipinski definition) is 3.